The molecule has 0 atom stereocenters. The highest BCUT2D eigenvalue weighted by molar-refractivity contribution is 7.82. The number of hydrogen-bond donors (Lipinski definition) is 0. The minimum Gasteiger partial charge on any atom is -0.360 e. The summed E-state index contributed by atoms with van der Waals surface area (Å²) in [6, 6.07) is 5.31. The Labute approximate surface area is 79.1 Å². The van der Waals surface area contributed by atoms with Crippen molar-refractivity contribution in [3.63, 3.8) is 0 Å². The van der Waals surface area contributed by atoms with Gasteiger partial charge >= 0.3 is 10.4 Å². The summed E-state index contributed by atoms with van der Waals surface area (Å²) in [6.45, 7) is 0. The quantitative estimate of drug-likeness (QED) is 0.790. The summed E-state index contributed by atoms with van der Waals surface area (Å²) in [5.74, 6) is -0.0814. The molecule has 0 fully saturated rings. The molecule has 13 heavy (non-hydrogen) atoms. The second kappa shape index (κ2) is 3.91. The molecule has 0 aliphatic rings. The molecule has 1 rings (SSSR count). The first-order valence-electron chi connectivity index (χ1n) is 3.04. The Morgan fingerprint density at radius 3 is 2.23 bits per heavy atom. The third-order valence-corrected chi connectivity index (χ3v) is 1.89. The summed E-state index contributed by atoms with van der Waals surface area (Å²) in [5, 5.41) is 0.408. The summed E-state index contributed by atoms with van der Waals surface area (Å²) in [7, 11) is -4.60. The fourth-order valence-corrected chi connectivity index (χ4v) is 1.12. The summed E-state index contributed by atoms with van der Waals surface area (Å²) in [4.78, 5) is 0. The maximum Gasteiger partial charge on any atom is 0.480 e. The molecule has 0 aliphatic carbocycles. The van der Waals surface area contributed by atoms with E-state index in [4.69, 9.17) is 11.6 Å². The minimum absolute atomic E-state index is 0.0814. The van der Waals surface area contributed by atoms with Crippen molar-refractivity contribution >= 4 is 22.0 Å². The fourth-order valence-electron chi connectivity index (χ4n) is 0.621. The van der Waals surface area contributed by atoms with Crippen LogP contribution in [-0.2, 0) is 14.8 Å². The Balaban J connectivity index is 2.82. The van der Waals surface area contributed by atoms with Gasteiger partial charge in [0.2, 0.25) is 0 Å². The van der Waals surface area contributed by atoms with Gasteiger partial charge in [0, 0.05) is 5.02 Å². The van der Waals surface area contributed by atoms with Crippen molar-refractivity contribution in [3.8, 4) is 5.75 Å². The molecule has 0 saturated heterocycles. The van der Waals surface area contributed by atoms with Crippen molar-refractivity contribution in [2.24, 2.45) is 0 Å². The van der Waals surface area contributed by atoms with E-state index in [2.05, 4.69) is 8.57 Å². The number of hydrogen-bond acceptors (Lipinski definition) is 4. The van der Waals surface area contributed by atoms with Crippen molar-refractivity contribution in [2.75, 3.05) is 0 Å². The highest BCUT2D eigenvalue weighted by Crippen LogP contribution is 2.17. The molecule has 7 heteroatoms. The predicted octanol–water partition coefficient (Wildman–Crippen LogP) is 1.86. The Kier molecular flexibility index (Phi) is 3.07. The molecule has 0 radical (unpaired) electrons. The van der Waals surface area contributed by atoms with Crippen LogP contribution in [-0.4, -0.2) is 8.42 Å². The standard InChI is InChI=1S/C6H4ClFO4S/c7-5-1-3-6(4-2-5)11-13(9,10)12-8/h1-4H. The molecule has 4 nitrogen and oxygen atoms in total. The van der Waals surface area contributed by atoms with E-state index in [9.17, 15) is 12.9 Å². The second-order valence-corrected chi connectivity index (χ2v) is 3.55. The zero-order chi connectivity index (χ0) is 9.90. The Morgan fingerprint density at radius 2 is 1.77 bits per heavy atom. The molecule has 1 aromatic carbocycles. The van der Waals surface area contributed by atoms with E-state index in [1.807, 2.05) is 0 Å². The third kappa shape index (κ3) is 3.17. The lowest BCUT2D eigenvalue weighted by Gasteiger charge is -2.00. The van der Waals surface area contributed by atoms with Gasteiger partial charge in [-0.3, -0.25) is 0 Å². The van der Waals surface area contributed by atoms with Gasteiger partial charge < -0.3 is 4.18 Å². The van der Waals surface area contributed by atoms with Crippen molar-refractivity contribution in [3.05, 3.63) is 29.3 Å². The Hall–Kier alpha value is -0.850. The average molecular weight is 227 g/mol. The lowest BCUT2D eigenvalue weighted by molar-refractivity contribution is -0.00946. The SMILES string of the molecule is O=S(=O)(OF)Oc1ccc(Cl)cc1. The van der Waals surface area contributed by atoms with Crippen molar-refractivity contribution < 1.29 is 21.5 Å². The van der Waals surface area contributed by atoms with Crippen molar-refractivity contribution in [2.45, 2.75) is 0 Å². The van der Waals surface area contributed by atoms with E-state index in [0.717, 1.165) is 0 Å². The first-order chi connectivity index (χ1) is 6.03. The third-order valence-electron chi connectivity index (χ3n) is 1.09. The van der Waals surface area contributed by atoms with Crippen LogP contribution in [0.4, 0.5) is 4.53 Å². The summed E-state index contributed by atoms with van der Waals surface area (Å²) >= 11 is 5.51. The van der Waals surface area contributed by atoms with E-state index in [-0.39, 0.29) is 5.75 Å². The molecule has 0 saturated carbocycles. The van der Waals surface area contributed by atoms with Crippen LogP contribution in [0.1, 0.15) is 0 Å². The first kappa shape index (κ1) is 10.2. The lowest BCUT2D eigenvalue weighted by Crippen LogP contribution is -2.08. The first-order valence-corrected chi connectivity index (χ1v) is 4.75. The molecule has 0 bridgehead atoms. The number of rotatable bonds is 3. The zero-order valence-electron chi connectivity index (χ0n) is 6.11. The van der Waals surface area contributed by atoms with Crippen LogP contribution in [0, 0.1) is 0 Å². The van der Waals surface area contributed by atoms with Crippen LogP contribution in [0.2, 0.25) is 5.02 Å². The molecular formula is C6H4ClFO4S. The maximum absolute atomic E-state index is 11.3. The summed E-state index contributed by atoms with van der Waals surface area (Å²) < 4.78 is 38.8. The molecule has 0 heterocycles. The molecule has 0 unspecified atom stereocenters. The van der Waals surface area contributed by atoms with Gasteiger partial charge in [0.25, 0.3) is 0 Å². The molecule has 0 aliphatic heterocycles. The molecule has 72 valence electrons. The lowest BCUT2D eigenvalue weighted by atomic mass is 10.3. The normalized spacial score (nSPS) is 11.2. The second-order valence-electron chi connectivity index (χ2n) is 2.01. The van der Waals surface area contributed by atoms with Crippen LogP contribution >= 0.6 is 11.6 Å². The van der Waals surface area contributed by atoms with Gasteiger partial charge in [-0.05, 0) is 33.2 Å². The van der Waals surface area contributed by atoms with Gasteiger partial charge in [-0.2, -0.15) is 8.42 Å². The molecule has 0 spiro atoms. The van der Waals surface area contributed by atoms with Crippen molar-refractivity contribution in [1.82, 2.24) is 0 Å². The number of benzene rings is 1. The molecule has 0 N–H and O–H groups in total. The van der Waals surface area contributed by atoms with E-state index >= 15 is 0 Å². The maximum atomic E-state index is 11.3. The topological polar surface area (TPSA) is 52.6 Å². The van der Waals surface area contributed by atoms with Gasteiger partial charge in [-0.1, -0.05) is 11.6 Å². The van der Waals surface area contributed by atoms with E-state index in [0.29, 0.717) is 5.02 Å². The van der Waals surface area contributed by atoms with Gasteiger partial charge in [0.05, 0.1) is 0 Å². The van der Waals surface area contributed by atoms with Crippen LogP contribution in [0.3, 0.4) is 0 Å². The fraction of sp³-hybridized carbons (Fsp3) is 0. The predicted molar refractivity (Wildman–Crippen MR) is 43.2 cm³/mol. The molecule has 1 aromatic rings. The monoisotopic (exact) mass is 226 g/mol. The Bertz CT molecular complexity index is 374. The summed E-state index contributed by atoms with van der Waals surface area (Å²) in [5.41, 5.74) is 0. The Morgan fingerprint density at radius 1 is 1.23 bits per heavy atom. The molecule has 0 amide bonds. The molecular weight excluding hydrogens is 223 g/mol. The molecule has 0 aromatic heterocycles. The smallest absolute Gasteiger partial charge is 0.360 e. The number of halogens is 2. The zero-order valence-corrected chi connectivity index (χ0v) is 7.68. The van der Waals surface area contributed by atoms with Crippen LogP contribution in [0.15, 0.2) is 24.3 Å². The van der Waals surface area contributed by atoms with Crippen LogP contribution < -0.4 is 4.18 Å². The van der Waals surface area contributed by atoms with Crippen LogP contribution in [0.5, 0.6) is 5.75 Å². The highest BCUT2D eigenvalue weighted by atomic mass is 35.5. The van der Waals surface area contributed by atoms with E-state index in [1.165, 1.54) is 24.3 Å². The van der Waals surface area contributed by atoms with E-state index < -0.39 is 10.4 Å². The van der Waals surface area contributed by atoms with Crippen molar-refractivity contribution in [1.29, 1.82) is 0 Å². The van der Waals surface area contributed by atoms with Gasteiger partial charge in [0.15, 0.2) is 0 Å². The summed E-state index contributed by atoms with van der Waals surface area (Å²) in [6.07, 6.45) is 0. The van der Waals surface area contributed by atoms with E-state index in [1.54, 1.807) is 0 Å². The van der Waals surface area contributed by atoms with Gasteiger partial charge in [-0.15, -0.1) is 0 Å². The van der Waals surface area contributed by atoms with Crippen LogP contribution in [0.25, 0.3) is 0 Å². The largest absolute Gasteiger partial charge is 0.480 e. The van der Waals surface area contributed by atoms with Gasteiger partial charge in [-0.25, -0.2) is 0 Å². The average Bonchev–Trinajstić information content (AvgIpc) is 2.09. The van der Waals surface area contributed by atoms with Gasteiger partial charge in [0.1, 0.15) is 5.75 Å². The minimum atomic E-state index is -4.60. The highest BCUT2D eigenvalue weighted by Gasteiger charge is 2.13.